The number of nitrogens with one attached hydrogen (secondary N) is 1. The van der Waals surface area contributed by atoms with Crippen LogP contribution in [0.3, 0.4) is 0 Å². The third kappa shape index (κ3) is 6.43. The number of hydrogen-bond acceptors (Lipinski definition) is 4. The molecule has 0 spiro atoms. The largest absolute Gasteiger partial charge is 0.573 e. The van der Waals surface area contributed by atoms with Gasteiger partial charge in [0.05, 0.1) is 18.5 Å². The Labute approximate surface area is 145 Å². The van der Waals surface area contributed by atoms with Crippen molar-refractivity contribution < 1.29 is 17.9 Å². The lowest BCUT2D eigenvalue weighted by Crippen LogP contribution is -2.45. The molecule has 23 heavy (non-hydrogen) atoms. The minimum absolute atomic E-state index is 0. The minimum Gasteiger partial charge on any atom is -0.405 e. The van der Waals surface area contributed by atoms with Crippen molar-refractivity contribution in [3.63, 3.8) is 0 Å². The second-order valence-electron chi connectivity index (χ2n) is 4.75. The molecule has 1 N–H and O–H groups in total. The van der Waals surface area contributed by atoms with Crippen LogP contribution in [0.15, 0.2) is 24.3 Å². The van der Waals surface area contributed by atoms with Crippen LogP contribution >= 0.6 is 24.8 Å². The molecule has 2 rings (SSSR count). The summed E-state index contributed by atoms with van der Waals surface area (Å²) in [6.45, 7) is 2.88. The lowest BCUT2D eigenvalue weighted by Gasteiger charge is -2.34. The summed E-state index contributed by atoms with van der Waals surface area (Å²) in [7, 11) is 0. The summed E-state index contributed by atoms with van der Waals surface area (Å²) < 4.78 is 41.6. The van der Waals surface area contributed by atoms with E-state index in [1.807, 2.05) is 4.90 Å². The van der Waals surface area contributed by atoms with Crippen LogP contribution in [0.1, 0.15) is 18.0 Å². The molecular weight excluding hydrogens is 354 g/mol. The molecule has 1 aliphatic heterocycles. The average Bonchev–Trinajstić information content (AvgIpc) is 2.45. The molecule has 0 saturated carbocycles. The Kier molecular flexibility index (Phi) is 9.32. The highest BCUT2D eigenvalue weighted by Crippen LogP contribution is 2.34. The fraction of sp³-hybridized carbons (Fsp3) is 0.500. The van der Waals surface area contributed by atoms with Gasteiger partial charge in [0, 0.05) is 31.7 Å². The Morgan fingerprint density at radius 1 is 1.22 bits per heavy atom. The SMILES string of the molecule is Cl.Cl.N#CC[C@@H](c1ccccc1OC(F)(F)F)N1CCNCC1. The van der Waals surface area contributed by atoms with E-state index in [-0.39, 0.29) is 37.0 Å². The average molecular weight is 372 g/mol. The molecule has 0 aliphatic carbocycles. The number of rotatable bonds is 4. The van der Waals surface area contributed by atoms with Crippen LogP contribution in [0.4, 0.5) is 13.2 Å². The summed E-state index contributed by atoms with van der Waals surface area (Å²) in [6, 6.07) is 7.69. The van der Waals surface area contributed by atoms with E-state index in [1.54, 1.807) is 12.1 Å². The summed E-state index contributed by atoms with van der Waals surface area (Å²) in [5, 5.41) is 12.2. The fourth-order valence-electron chi connectivity index (χ4n) is 2.49. The number of halogens is 5. The molecule has 9 heteroatoms. The highest BCUT2D eigenvalue weighted by atomic mass is 35.5. The van der Waals surface area contributed by atoms with E-state index in [2.05, 4.69) is 16.1 Å². The van der Waals surface area contributed by atoms with Gasteiger partial charge in [-0.05, 0) is 6.07 Å². The zero-order chi connectivity index (χ0) is 15.3. The Morgan fingerprint density at radius 3 is 2.39 bits per heavy atom. The van der Waals surface area contributed by atoms with E-state index in [0.717, 1.165) is 13.1 Å². The first-order chi connectivity index (χ1) is 10.0. The molecule has 1 atom stereocenters. The van der Waals surface area contributed by atoms with Gasteiger partial charge < -0.3 is 10.1 Å². The molecule has 1 saturated heterocycles. The quantitative estimate of drug-likeness (QED) is 0.881. The number of para-hydroxylation sites is 1. The molecular formula is C14H18Cl2F3N3O. The Hall–Kier alpha value is -1.20. The molecule has 1 heterocycles. The summed E-state index contributed by atoms with van der Waals surface area (Å²) >= 11 is 0. The molecule has 0 bridgehead atoms. The summed E-state index contributed by atoms with van der Waals surface area (Å²) in [5.74, 6) is -0.233. The number of nitrogens with zero attached hydrogens (tertiary/aromatic N) is 2. The molecule has 1 aromatic carbocycles. The standard InChI is InChI=1S/C14H16F3N3O.2ClH/c15-14(16,17)21-13-4-2-1-3-11(13)12(5-6-18)20-9-7-19-8-10-20;;/h1-4,12,19H,5,7-10H2;2*1H/t12-;;/m0../s1. The van der Waals surface area contributed by atoms with Crippen LogP contribution < -0.4 is 10.1 Å². The van der Waals surface area contributed by atoms with Crippen molar-refractivity contribution in [3.05, 3.63) is 29.8 Å². The number of nitriles is 1. The number of hydrogen-bond donors (Lipinski definition) is 1. The normalized spacial score (nSPS) is 16.4. The highest BCUT2D eigenvalue weighted by molar-refractivity contribution is 5.85. The van der Waals surface area contributed by atoms with Crippen LogP contribution in [0.25, 0.3) is 0 Å². The summed E-state index contributed by atoms with van der Waals surface area (Å²) in [4.78, 5) is 2.01. The second-order valence-corrected chi connectivity index (χ2v) is 4.75. The van der Waals surface area contributed by atoms with Gasteiger partial charge >= 0.3 is 6.36 Å². The van der Waals surface area contributed by atoms with E-state index < -0.39 is 12.4 Å². The van der Waals surface area contributed by atoms with E-state index in [1.165, 1.54) is 12.1 Å². The second kappa shape index (κ2) is 9.83. The van der Waals surface area contributed by atoms with Gasteiger partial charge in [0.2, 0.25) is 0 Å². The van der Waals surface area contributed by atoms with Crippen molar-refractivity contribution in [2.24, 2.45) is 0 Å². The van der Waals surface area contributed by atoms with Gasteiger partial charge in [0.15, 0.2) is 0 Å². The maximum atomic E-state index is 12.5. The lowest BCUT2D eigenvalue weighted by atomic mass is 10.0. The molecule has 0 amide bonds. The van der Waals surface area contributed by atoms with E-state index in [4.69, 9.17) is 5.26 Å². The number of ether oxygens (including phenoxy) is 1. The predicted octanol–water partition coefficient (Wildman–Crippen LogP) is 3.29. The van der Waals surface area contributed by atoms with E-state index in [0.29, 0.717) is 18.7 Å². The van der Waals surface area contributed by atoms with Crippen LogP contribution in [0.5, 0.6) is 5.75 Å². The lowest BCUT2D eigenvalue weighted by molar-refractivity contribution is -0.275. The van der Waals surface area contributed by atoms with E-state index in [9.17, 15) is 13.2 Å². The van der Waals surface area contributed by atoms with Crippen LogP contribution in [0, 0.1) is 11.3 Å². The van der Waals surface area contributed by atoms with Crippen LogP contribution in [-0.4, -0.2) is 37.4 Å². The van der Waals surface area contributed by atoms with Crippen molar-refractivity contribution in [1.82, 2.24) is 10.2 Å². The zero-order valence-corrected chi connectivity index (χ0v) is 13.8. The zero-order valence-electron chi connectivity index (χ0n) is 12.2. The third-order valence-electron chi connectivity index (χ3n) is 3.38. The molecule has 0 aromatic heterocycles. The molecule has 130 valence electrons. The van der Waals surface area contributed by atoms with Gasteiger partial charge in [-0.3, -0.25) is 4.90 Å². The number of alkyl halides is 3. The Morgan fingerprint density at radius 2 is 1.83 bits per heavy atom. The molecule has 0 radical (unpaired) electrons. The van der Waals surface area contributed by atoms with Crippen molar-refractivity contribution in [1.29, 1.82) is 5.26 Å². The number of piperazine rings is 1. The van der Waals surface area contributed by atoms with Gasteiger partial charge in [-0.1, -0.05) is 18.2 Å². The maximum Gasteiger partial charge on any atom is 0.573 e. The first kappa shape index (κ1) is 21.8. The predicted molar refractivity (Wildman–Crippen MR) is 85.0 cm³/mol. The molecule has 1 aliphatic rings. The molecule has 0 unspecified atom stereocenters. The maximum absolute atomic E-state index is 12.5. The first-order valence-corrected chi connectivity index (χ1v) is 6.67. The van der Waals surface area contributed by atoms with Crippen LogP contribution in [0.2, 0.25) is 0 Å². The molecule has 1 fully saturated rings. The topological polar surface area (TPSA) is 48.3 Å². The van der Waals surface area contributed by atoms with Gasteiger partial charge in [0.25, 0.3) is 0 Å². The Bertz CT molecular complexity index is 517. The third-order valence-corrected chi connectivity index (χ3v) is 3.38. The number of benzene rings is 1. The summed E-state index contributed by atoms with van der Waals surface area (Å²) in [6.07, 6.45) is -4.62. The first-order valence-electron chi connectivity index (χ1n) is 6.67. The molecule has 4 nitrogen and oxygen atoms in total. The van der Waals surface area contributed by atoms with Crippen molar-refractivity contribution in [2.75, 3.05) is 26.2 Å². The van der Waals surface area contributed by atoms with Gasteiger partial charge in [-0.15, -0.1) is 38.0 Å². The smallest absolute Gasteiger partial charge is 0.405 e. The van der Waals surface area contributed by atoms with E-state index >= 15 is 0 Å². The minimum atomic E-state index is -4.74. The van der Waals surface area contributed by atoms with Crippen molar-refractivity contribution in [2.45, 2.75) is 18.8 Å². The van der Waals surface area contributed by atoms with Gasteiger partial charge in [-0.2, -0.15) is 5.26 Å². The van der Waals surface area contributed by atoms with Crippen molar-refractivity contribution in [3.8, 4) is 11.8 Å². The Balaban J connectivity index is 0.00000242. The highest BCUT2D eigenvalue weighted by Gasteiger charge is 2.34. The van der Waals surface area contributed by atoms with Crippen molar-refractivity contribution >= 4 is 24.8 Å². The monoisotopic (exact) mass is 371 g/mol. The summed E-state index contributed by atoms with van der Waals surface area (Å²) in [5.41, 5.74) is 0.401. The molecule has 1 aromatic rings. The fourth-order valence-corrected chi connectivity index (χ4v) is 2.49. The van der Waals surface area contributed by atoms with Crippen LogP contribution in [-0.2, 0) is 0 Å². The van der Waals surface area contributed by atoms with Gasteiger partial charge in [0.1, 0.15) is 5.75 Å². The van der Waals surface area contributed by atoms with Gasteiger partial charge in [-0.25, -0.2) is 0 Å².